The summed E-state index contributed by atoms with van der Waals surface area (Å²) < 4.78 is 23.3. The highest BCUT2D eigenvalue weighted by Crippen LogP contribution is 2.22. The number of amides is 1. The zero-order valence-corrected chi connectivity index (χ0v) is 14.7. The molecule has 134 valence electrons. The number of benzene rings is 1. The minimum Gasteiger partial charge on any atom is -0.349 e. The van der Waals surface area contributed by atoms with Crippen LogP contribution in [-0.4, -0.2) is 37.6 Å². The fraction of sp³-hybridized carbons (Fsp3) is 0.500. The molecule has 10 heteroatoms. The number of non-ortho nitro benzene ring substituents is 1. The molecule has 1 aliphatic rings. The third kappa shape index (κ3) is 5.15. The number of hydrogen-bond acceptors (Lipinski definition) is 6. The van der Waals surface area contributed by atoms with Crippen LogP contribution < -0.4 is 11.1 Å². The Morgan fingerprint density at radius 1 is 1.25 bits per heavy atom. The van der Waals surface area contributed by atoms with E-state index < -0.39 is 26.4 Å². The zero-order valence-electron chi connectivity index (χ0n) is 13.1. The number of nitrogens with zero attached hydrogens (tertiary/aromatic N) is 1. The molecule has 1 amide bonds. The second-order valence-corrected chi connectivity index (χ2v) is 7.85. The Hall–Kier alpha value is -1.71. The van der Waals surface area contributed by atoms with Gasteiger partial charge in [-0.25, -0.2) is 8.42 Å². The van der Waals surface area contributed by atoms with Crippen LogP contribution in [0.2, 0.25) is 0 Å². The number of nitro groups is 1. The van der Waals surface area contributed by atoms with Crippen molar-refractivity contribution in [2.75, 3.05) is 6.26 Å². The Kier molecular flexibility index (Phi) is 6.70. The highest BCUT2D eigenvalue weighted by Gasteiger charge is 2.23. The van der Waals surface area contributed by atoms with E-state index in [0.29, 0.717) is 0 Å². The molecule has 3 N–H and O–H groups in total. The lowest BCUT2D eigenvalue weighted by molar-refractivity contribution is -0.385. The first-order valence-electron chi connectivity index (χ1n) is 7.23. The maximum absolute atomic E-state index is 12.3. The van der Waals surface area contributed by atoms with Crippen LogP contribution in [0, 0.1) is 10.1 Å². The van der Waals surface area contributed by atoms with Crippen molar-refractivity contribution in [2.45, 2.75) is 42.7 Å². The van der Waals surface area contributed by atoms with Crippen LogP contribution in [0.15, 0.2) is 23.1 Å². The molecule has 8 nitrogen and oxygen atoms in total. The summed E-state index contributed by atoms with van der Waals surface area (Å²) in [6, 6.07) is 3.28. The number of nitrogens with one attached hydrogen (secondary N) is 1. The summed E-state index contributed by atoms with van der Waals surface area (Å²) in [5, 5.41) is 13.7. The summed E-state index contributed by atoms with van der Waals surface area (Å²) in [4.78, 5) is 22.3. The van der Waals surface area contributed by atoms with Crippen LogP contribution in [0.1, 0.15) is 36.0 Å². The summed E-state index contributed by atoms with van der Waals surface area (Å²) in [6.07, 6.45) is 4.01. The normalized spacial score (nSPS) is 20.8. The number of carbonyl (C=O) groups is 1. The quantitative estimate of drug-likeness (QED) is 0.602. The van der Waals surface area contributed by atoms with Gasteiger partial charge in [0.2, 0.25) is 0 Å². The molecular weight excluding hydrogens is 358 g/mol. The van der Waals surface area contributed by atoms with E-state index >= 15 is 0 Å². The van der Waals surface area contributed by atoms with Crippen LogP contribution >= 0.6 is 12.4 Å². The van der Waals surface area contributed by atoms with Crippen molar-refractivity contribution in [3.05, 3.63) is 33.9 Å². The van der Waals surface area contributed by atoms with E-state index in [1.54, 1.807) is 0 Å². The Morgan fingerprint density at radius 3 is 2.33 bits per heavy atom. The van der Waals surface area contributed by atoms with Gasteiger partial charge in [0, 0.05) is 36.0 Å². The van der Waals surface area contributed by atoms with Gasteiger partial charge in [-0.1, -0.05) is 0 Å². The van der Waals surface area contributed by atoms with Crippen molar-refractivity contribution < 1.29 is 18.1 Å². The van der Waals surface area contributed by atoms with Crippen molar-refractivity contribution in [2.24, 2.45) is 5.73 Å². The molecule has 0 bridgehead atoms. The summed E-state index contributed by atoms with van der Waals surface area (Å²) in [7, 11) is -3.66. The molecule has 1 aliphatic carbocycles. The number of halogens is 1. The molecule has 1 aromatic carbocycles. The largest absolute Gasteiger partial charge is 0.349 e. The number of carbonyl (C=O) groups excluding carboxylic acids is 1. The van der Waals surface area contributed by atoms with Gasteiger partial charge in [-0.2, -0.15) is 0 Å². The third-order valence-electron chi connectivity index (χ3n) is 3.90. The first-order valence-corrected chi connectivity index (χ1v) is 9.12. The average molecular weight is 378 g/mol. The molecule has 1 saturated carbocycles. The molecule has 0 heterocycles. The fourth-order valence-electron chi connectivity index (χ4n) is 2.57. The smallest absolute Gasteiger partial charge is 0.271 e. The minimum atomic E-state index is -3.66. The second-order valence-electron chi connectivity index (χ2n) is 5.83. The van der Waals surface area contributed by atoms with E-state index in [1.807, 2.05) is 0 Å². The van der Waals surface area contributed by atoms with Crippen molar-refractivity contribution in [1.82, 2.24) is 5.32 Å². The molecule has 0 atom stereocenters. The van der Waals surface area contributed by atoms with Crippen LogP contribution in [-0.2, 0) is 9.84 Å². The number of sulfone groups is 1. The van der Waals surface area contributed by atoms with Gasteiger partial charge in [-0.05, 0) is 31.7 Å². The van der Waals surface area contributed by atoms with E-state index in [-0.39, 0.29) is 34.9 Å². The van der Waals surface area contributed by atoms with Gasteiger partial charge in [-0.3, -0.25) is 14.9 Å². The molecule has 1 fully saturated rings. The lowest BCUT2D eigenvalue weighted by Gasteiger charge is -2.26. The van der Waals surface area contributed by atoms with E-state index in [4.69, 9.17) is 5.73 Å². The third-order valence-corrected chi connectivity index (χ3v) is 4.99. The molecule has 0 spiro atoms. The van der Waals surface area contributed by atoms with Crippen LogP contribution in [0.5, 0.6) is 0 Å². The molecule has 1 aromatic rings. The summed E-state index contributed by atoms with van der Waals surface area (Å²) in [5.41, 5.74) is 5.35. The first kappa shape index (κ1) is 20.3. The molecule has 0 saturated heterocycles. The van der Waals surface area contributed by atoms with Gasteiger partial charge in [0.1, 0.15) is 0 Å². The Bertz CT molecular complexity index is 730. The first-order chi connectivity index (χ1) is 10.7. The molecule has 0 aliphatic heterocycles. The molecule has 2 rings (SSSR count). The van der Waals surface area contributed by atoms with Crippen LogP contribution in [0.4, 0.5) is 5.69 Å². The maximum Gasteiger partial charge on any atom is 0.271 e. The van der Waals surface area contributed by atoms with Crippen LogP contribution in [0.25, 0.3) is 0 Å². The average Bonchev–Trinajstić information content (AvgIpc) is 2.48. The van der Waals surface area contributed by atoms with Gasteiger partial charge in [0.25, 0.3) is 11.6 Å². The fourth-order valence-corrected chi connectivity index (χ4v) is 3.24. The summed E-state index contributed by atoms with van der Waals surface area (Å²) in [6.45, 7) is 0. The second kappa shape index (κ2) is 7.91. The van der Waals surface area contributed by atoms with Crippen LogP contribution in [0.3, 0.4) is 0 Å². The topological polar surface area (TPSA) is 132 Å². The molecule has 0 unspecified atom stereocenters. The lowest BCUT2D eigenvalue weighted by Crippen LogP contribution is -2.40. The maximum atomic E-state index is 12.3. The van der Waals surface area contributed by atoms with Crippen molar-refractivity contribution in [3.8, 4) is 0 Å². The van der Waals surface area contributed by atoms with E-state index in [2.05, 4.69) is 5.32 Å². The SMILES string of the molecule is CS(=O)(=O)c1cc(C(=O)NC2CCC(N)CC2)cc([N+](=O)[O-])c1.Cl. The number of hydrogen-bond donors (Lipinski definition) is 2. The molecule has 0 aromatic heterocycles. The molecule has 24 heavy (non-hydrogen) atoms. The highest BCUT2D eigenvalue weighted by molar-refractivity contribution is 7.90. The number of nitro benzene ring substituents is 1. The van der Waals surface area contributed by atoms with Gasteiger partial charge in [0.15, 0.2) is 9.84 Å². The van der Waals surface area contributed by atoms with Gasteiger partial charge < -0.3 is 11.1 Å². The summed E-state index contributed by atoms with van der Waals surface area (Å²) in [5.74, 6) is -0.515. The van der Waals surface area contributed by atoms with Gasteiger partial charge >= 0.3 is 0 Å². The Labute approximate surface area is 146 Å². The van der Waals surface area contributed by atoms with Crippen molar-refractivity contribution >= 4 is 33.8 Å². The minimum absolute atomic E-state index is 0. The summed E-state index contributed by atoms with van der Waals surface area (Å²) >= 11 is 0. The van der Waals surface area contributed by atoms with E-state index in [1.165, 1.54) is 0 Å². The lowest BCUT2D eigenvalue weighted by atomic mass is 9.91. The highest BCUT2D eigenvalue weighted by atomic mass is 35.5. The Morgan fingerprint density at radius 2 is 1.83 bits per heavy atom. The van der Waals surface area contributed by atoms with Gasteiger partial charge in [-0.15, -0.1) is 12.4 Å². The zero-order chi connectivity index (χ0) is 17.2. The predicted octanol–water partition coefficient (Wildman–Crippen LogP) is 1.42. The van der Waals surface area contributed by atoms with Gasteiger partial charge in [0.05, 0.1) is 9.82 Å². The Balaban J connectivity index is 0.00000288. The molecular formula is C14H20ClN3O5S. The predicted molar refractivity (Wildman–Crippen MR) is 91.2 cm³/mol. The van der Waals surface area contributed by atoms with E-state index in [0.717, 1.165) is 50.1 Å². The van der Waals surface area contributed by atoms with Crippen molar-refractivity contribution in [3.63, 3.8) is 0 Å². The standard InChI is InChI=1S/C14H19N3O5S.ClH/c1-23(21,22)13-7-9(6-12(8-13)17(19)20)14(18)16-11-4-2-10(15)3-5-11;/h6-8,10-11H,2-5,15H2,1H3,(H,16,18);1H. The number of rotatable bonds is 4. The van der Waals surface area contributed by atoms with E-state index in [9.17, 15) is 23.3 Å². The monoisotopic (exact) mass is 377 g/mol. The molecule has 0 radical (unpaired) electrons. The number of nitrogens with two attached hydrogens (primary N) is 1. The van der Waals surface area contributed by atoms with Crippen molar-refractivity contribution in [1.29, 1.82) is 0 Å².